The maximum Gasteiger partial charge on any atom is 0.254 e. The van der Waals surface area contributed by atoms with Crippen molar-refractivity contribution in [2.24, 2.45) is 0 Å². The predicted molar refractivity (Wildman–Crippen MR) is 131 cm³/mol. The highest BCUT2D eigenvalue weighted by Crippen LogP contribution is 2.36. The Morgan fingerprint density at radius 3 is 2.78 bits per heavy atom. The molecule has 2 aliphatic heterocycles. The van der Waals surface area contributed by atoms with Gasteiger partial charge in [0, 0.05) is 64.3 Å². The Morgan fingerprint density at radius 2 is 2.00 bits per heavy atom. The number of amides is 1. The number of imidazole rings is 1. The predicted octanol–water partition coefficient (Wildman–Crippen LogP) is 2.21. The van der Waals surface area contributed by atoms with E-state index in [4.69, 9.17) is 4.98 Å². The molecule has 1 fully saturated rings. The van der Waals surface area contributed by atoms with Crippen LogP contribution in [-0.2, 0) is 13.0 Å². The van der Waals surface area contributed by atoms with Crippen molar-refractivity contribution in [1.29, 1.82) is 0 Å². The number of carbonyl (C=O) groups excluding carboxylic acids is 1. The third kappa shape index (κ3) is 4.20. The number of hydrogen-bond donors (Lipinski definition) is 3. The molecule has 3 aromatic rings. The van der Waals surface area contributed by atoms with Gasteiger partial charge in [0.2, 0.25) is 5.95 Å². The van der Waals surface area contributed by atoms with Gasteiger partial charge >= 0.3 is 0 Å². The number of benzene rings is 1. The fraction of sp³-hybridized carbons (Fsp3) is 0.478. The number of thiophene rings is 1. The molecule has 9 heteroatoms. The molecule has 2 aromatic heterocycles. The Kier molecular flexibility index (Phi) is 6.03. The summed E-state index contributed by atoms with van der Waals surface area (Å²) in [5.41, 5.74) is 4.18. The lowest BCUT2D eigenvalue weighted by Crippen LogP contribution is -2.48. The number of fused-ring (bicyclic) bond motifs is 2. The number of likely N-dealkylation sites (N-methyl/N-ethyl adjacent to an activating group) is 1. The Hall–Kier alpha value is -2.62. The van der Waals surface area contributed by atoms with Gasteiger partial charge in [0.15, 0.2) is 0 Å². The Morgan fingerprint density at radius 1 is 1.19 bits per heavy atom. The summed E-state index contributed by atoms with van der Waals surface area (Å²) in [6.07, 6.45) is 0.941. The Balaban J connectivity index is 1.13. The van der Waals surface area contributed by atoms with Gasteiger partial charge in [-0.2, -0.15) is 0 Å². The van der Waals surface area contributed by atoms with Crippen molar-refractivity contribution in [3.63, 3.8) is 0 Å². The lowest BCUT2D eigenvalue weighted by Gasteiger charge is -2.34. The van der Waals surface area contributed by atoms with Crippen molar-refractivity contribution in [3.05, 3.63) is 40.3 Å². The van der Waals surface area contributed by atoms with Gasteiger partial charge < -0.3 is 25.4 Å². The van der Waals surface area contributed by atoms with Gasteiger partial charge in [0.1, 0.15) is 5.00 Å². The van der Waals surface area contributed by atoms with Gasteiger partial charge in [-0.15, -0.1) is 11.3 Å². The Bertz CT molecular complexity index is 1070. The molecule has 1 amide bonds. The maximum absolute atomic E-state index is 13.0. The van der Waals surface area contributed by atoms with Crippen LogP contribution >= 0.6 is 11.3 Å². The van der Waals surface area contributed by atoms with E-state index in [9.17, 15) is 4.79 Å². The highest BCUT2D eigenvalue weighted by atomic mass is 32.1. The molecule has 170 valence electrons. The van der Waals surface area contributed by atoms with Crippen LogP contribution in [0.1, 0.15) is 20.8 Å². The average molecular weight is 454 g/mol. The van der Waals surface area contributed by atoms with Crippen molar-refractivity contribution >= 4 is 39.2 Å². The van der Waals surface area contributed by atoms with Crippen LogP contribution in [0.2, 0.25) is 0 Å². The fourth-order valence-corrected chi connectivity index (χ4v) is 5.91. The summed E-state index contributed by atoms with van der Waals surface area (Å²) in [5, 5.41) is 7.39. The van der Waals surface area contributed by atoms with E-state index >= 15 is 0 Å². The standard InChI is InChI=1S/C23H31N7OS/c1-24-22-20(16-7-9-28(2)15-19(16)32-22)21(31)25-8-10-29-11-13-30(14-12-29)23-26-17-5-3-4-6-18(17)27-23/h3-6,24H,7-15H2,1-2H3,(H,25,31)(H,26,27). The summed E-state index contributed by atoms with van der Waals surface area (Å²) in [7, 11) is 4.04. The average Bonchev–Trinajstić information content (AvgIpc) is 3.40. The van der Waals surface area contributed by atoms with E-state index in [2.05, 4.69) is 43.4 Å². The van der Waals surface area contributed by atoms with Crippen LogP contribution in [0.25, 0.3) is 11.0 Å². The number of aromatic amines is 1. The van der Waals surface area contributed by atoms with Gasteiger partial charge in [-0.05, 0) is 31.2 Å². The van der Waals surface area contributed by atoms with Crippen molar-refractivity contribution in [1.82, 2.24) is 25.1 Å². The molecule has 3 N–H and O–H groups in total. The number of carbonyl (C=O) groups is 1. The molecular weight excluding hydrogens is 422 g/mol. The van der Waals surface area contributed by atoms with Gasteiger partial charge in [0.05, 0.1) is 16.6 Å². The molecule has 0 bridgehead atoms. The van der Waals surface area contributed by atoms with Crippen LogP contribution in [0.15, 0.2) is 24.3 Å². The van der Waals surface area contributed by atoms with E-state index in [1.165, 1.54) is 10.4 Å². The third-order valence-electron chi connectivity index (χ3n) is 6.46. The molecule has 0 radical (unpaired) electrons. The van der Waals surface area contributed by atoms with Crippen molar-refractivity contribution < 1.29 is 4.79 Å². The fourth-order valence-electron chi connectivity index (χ4n) is 4.64. The van der Waals surface area contributed by atoms with E-state index in [-0.39, 0.29) is 5.91 Å². The summed E-state index contributed by atoms with van der Waals surface area (Å²) in [6, 6.07) is 8.15. The van der Waals surface area contributed by atoms with E-state index in [0.29, 0.717) is 6.54 Å². The Labute approximate surface area is 192 Å². The van der Waals surface area contributed by atoms with E-state index in [1.807, 2.05) is 25.2 Å². The number of anilines is 2. The summed E-state index contributed by atoms with van der Waals surface area (Å²) in [5.74, 6) is 1.00. The van der Waals surface area contributed by atoms with Crippen LogP contribution in [0, 0.1) is 0 Å². The smallest absolute Gasteiger partial charge is 0.254 e. The summed E-state index contributed by atoms with van der Waals surface area (Å²) in [4.78, 5) is 29.5. The summed E-state index contributed by atoms with van der Waals surface area (Å²) in [6.45, 7) is 7.26. The molecule has 8 nitrogen and oxygen atoms in total. The minimum Gasteiger partial charge on any atom is -0.379 e. The van der Waals surface area contributed by atoms with Crippen LogP contribution in [0.5, 0.6) is 0 Å². The molecule has 2 aliphatic rings. The first-order valence-corrected chi connectivity index (χ1v) is 12.1. The lowest BCUT2D eigenvalue weighted by atomic mass is 10.0. The van der Waals surface area contributed by atoms with Crippen molar-refractivity contribution in [2.75, 3.05) is 70.1 Å². The number of nitrogens with zero attached hydrogens (tertiary/aromatic N) is 4. The molecule has 1 aromatic carbocycles. The first-order chi connectivity index (χ1) is 15.6. The minimum atomic E-state index is 0.0531. The first-order valence-electron chi connectivity index (χ1n) is 11.3. The highest BCUT2D eigenvalue weighted by molar-refractivity contribution is 7.16. The zero-order valence-electron chi connectivity index (χ0n) is 18.8. The normalized spacial score (nSPS) is 17.5. The molecule has 0 unspecified atom stereocenters. The molecule has 0 spiro atoms. The second-order valence-corrected chi connectivity index (χ2v) is 9.71. The topological polar surface area (TPSA) is 79.5 Å². The van der Waals surface area contributed by atoms with Gasteiger partial charge in [-0.25, -0.2) is 4.98 Å². The number of para-hydroxylation sites is 2. The van der Waals surface area contributed by atoms with Crippen LogP contribution < -0.4 is 15.5 Å². The van der Waals surface area contributed by atoms with Crippen molar-refractivity contribution in [3.8, 4) is 0 Å². The number of aromatic nitrogens is 2. The van der Waals surface area contributed by atoms with Crippen LogP contribution in [0.4, 0.5) is 10.9 Å². The quantitative estimate of drug-likeness (QED) is 0.531. The summed E-state index contributed by atoms with van der Waals surface area (Å²) < 4.78 is 0. The monoisotopic (exact) mass is 453 g/mol. The maximum atomic E-state index is 13.0. The second kappa shape index (κ2) is 9.09. The zero-order valence-corrected chi connectivity index (χ0v) is 19.6. The molecule has 0 atom stereocenters. The molecule has 0 aliphatic carbocycles. The lowest BCUT2D eigenvalue weighted by molar-refractivity contribution is 0.0947. The SMILES string of the molecule is CNc1sc2c(c1C(=O)NCCN1CCN(c3nc4ccccc4[nH]3)CC1)CCN(C)C2. The van der Waals surface area contributed by atoms with E-state index < -0.39 is 0 Å². The number of rotatable bonds is 6. The minimum absolute atomic E-state index is 0.0531. The van der Waals surface area contributed by atoms with Gasteiger partial charge in [0.25, 0.3) is 5.91 Å². The molecular formula is C23H31N7OS. The summed E-state index contributed by atoms with van der Waals surface area (Å²) >= 11 is 1.72. The third-order valence-corrected chi connectivity index (χ3v) is 7.70. The van der Waals surface area contributed by atoms with Gasteiger partial charge in [-0.1, -0.05) is 12.1 Å². The van der Waals surface area contributed by atoms with E-state index in [0.717, 1.165) is 79.8 Å². The number of nitrogens with one attached hydrogen (secondary N) is 3. The van der Waals surface area contributed by atoms with Crippen molar-refractivity contribution in [2.45, 2.75) is 13.0 Å². The molecule has 4 heterocycles. The highest BCUT2D eigenvalue weighted by Gasteiger charge is 2.26. The van der Waals surface area contributed by atoms with E-state index in [1.54, 1.807) is 11.3 Å². The molecule has 0 saturated carbocycles. The zero-order chi connectivity index (χ0) is 22.1. The largest absolute Gasteiger partial charge is 0.379 e. The number of hydrogen-bond acceptors (Lipinski definition) is 7. The first kappa shape index (κ1) is 21.2. The number of piperazine rings is 1. The van der Waals surface area contributed by atoms with Gasteiger partial charge in [-0.3, -0.25) is 9.69 Å². The molecule has 5 rings (SSSR count). The molecule has 32 heavy (non-hydrogen) atoms. The number of H-pyrrole nitrogens is 1. The van der Waals surface area contributed by atoms with Crippen LogP contribution in [-0.4, -0.2) is 85.6 Å². The van der Waals surface area contributed by atoms with Crippen LogP contribution in [0.3, 0.4) is 0 Å². The molecule has 1 saturated heterocycles. The second-order valence-electron chi connectivity index (χ2n) is 8.61.